The molecule has 2 aromatic rings. The molecule has 0 spiro atoms. The number of nitrogens with zero attached hydrogens (tertiary/aromatic N) is 2. The molecule has 2 unspecified atom stereocenters. The molecule has 1 amide bonds. The van der Waals surface area contributed by atoms with E-state index in [2.05, 4.69) is 47.2 Å². The predicted octanol–water partition coefficient (Wildman–Crippen LogP) is 4.36. The van der Waals surface area contributed by atoms with Crippen molar-refractivity contribution < 1.29 is 9.53 Å². The van der Waals surface area contributed by atoms with Gasteiger partial charge in [-0.3, -0.25) is 9.69 Å². The largest absolute Gasteiger partial charge is 0.497 e. The molecule has 1 aliphatic rings. The van der Waals surface area contributed by atoms with Crippen molar-refractivity contribution in [2.24, 2.45) is 0 Å². The number of benzene rings is 2. The van der Waals surface area contributed by atoms with Crippen molar-refractivity contribution in [2.45, 2.75) is 39.2 Å². The second-order valence-electron chi connectivity index (χ2n) is 7.78. The first-order valence-electron chi connectivity index (χ1n) is 10.6. The number of carbonyl (C=O) groups excluding carboxylic acids is 1. The molecule has 2 atom stereocenters. The average Bonchev–Trinajstić information content (AvgIpc) is 2.78. The van der Waals surface area contributed by atoms with Crippen molar-refractivity contribution >= 4 is 17.3 Å². The maximum atomic E-state index is 12.9. The Balaban J connectivity index is 1.57. The predicted molar refractivity (Wildman–Crippen MR) is 120 cm³/mol. The molecule has 0 bridgehead atoms. The second-order valence-corrected chi connectivity index (χ2v) is 7.78. The van der Waals surface area contributed by atoms with E-state index >= 15 is 0 Å². The summed E-state index contributed by atoms with van der Waals surface area (Å²) >= 11 is 0. The molecule has 1 fully saturated rings. The van der Waals surface area contributed by atoms with Crippen molar-refractivity contribution in [1.29, 1.82) is 0 Å². The lowest BCUT2D eigenvalue weighted by molar-refractivity contribution is -0.120. The molecule has 1 N–H and O–H groups in total. The van der Waals surface area contributed by atoms with E-state index in [1.807, 2.05) is 37.3 Å². The first-order valence-corrected chi connectivity index (χ1v) is 10.6. The van der Waals surface area contributed by atoms with Gasteiger partial charge in [-0.1, -0.05) is 32.0 Å². The smallest absolute Gasteiger partial charge is 0.241 e. The van der Waals surface area contributed by atoms with Gasteiger partial charge in [0.1, 0.15) is 5.75 Å². The highest BCUT2D eigenvalue weighted by molar-refractivity contribution is 5.95. The Bertz CT molecular complexity index is 798. The van der Waals surface area contributed by atoms with E-state index in [4.69, 9.17) is 4.74 Å². The fourth-order valence-electron chi connectivity index (χ4n) is 3.82. The summed E-state index contributed by atoms with van der Waals surface area (Å²) in [5.41, 5.74) is 3.35. The van der Waals surface area contributed by atoms with Crippen LogP contribution in [0.5, 0.6) is 5.75 Å². The molecule has 0 aromatic heterocycles. The zero-order valence-corrected chi connectivity index (χ0v) is 18.0. The van der Waals surface area contributed by atoms with Crippen molar-refractivity contribution in [1.82, 2.24) is 4.90 Å². The Morgan fingerprint density at radius 2 is 1.69 bits per heavy atom. The van der Waals surface area contributed by atoms with Gasteiger partial charge in [0.25, 0.3) is 0 Å². The van der Waals surface area contributed by atoms with Gasteiger partial charge in [0, 0.05) is 37.6 Å². The molecule has 5 heteroatoms. The fourth-order valence-corrected chi connectivity index (χ4v) is 3.82. The third-order valence-electron chi connectivity index (χ3n) is 6.04. The molecule has 5 nitrogen and oxygen atoms in total. The Hall–Kier alpha value is -2.53. The van der Waals surface area contributed by atoms with Gasteiger partial charge >= 0.3 is 0 Å². The Kier molecular flexibility index (Phi) is 7.15. The molecular formula is C24H33N3O2. The summed E-state index contributed by atoms with van der Waals surface area (Å²) in [6, 6.07) is 16.2. The van der Waals surface area contributed by atoms with Crippen LogP contribution in [0.15, 0.2) is 48.5 Å². The summed E-state index contributed by atoms with van der Waals surface area (Å²) in [7, 11) is 1.68. The fraction of sp³-hybridized carbons (Fsp3) is 0.458. The molecule has 29 heavy (non-hydrogen) atoms. The highest BCUT2D eigenvalue weighted by Crippen LogP contribution is 2.27. The van der Waals surface area contributed by atoms with E-state index in [-0.39, 0.29) is 11.9 Å². The first-order chi connectivity index (χ1) is 14.0. The lowest BCUT2D eigenvalue weighted by atomic mass is 9.97. The van der Waals surface area contributed by atoms with Crippen LogP contribution in [0, 0.1) is 0 Å². The minimum Gasteiger partial charge on any atom is -0.497 e. The van der Waals surface area contributed by atoms with Crippen LogP contribution in [0.25, 0.3) is 0 Å². The molecule has 1 aliphatic heterocycles. The molecular weight excluding hydrogens is 362 g/mol. The van der Waals surface area contributed by atoms with Gasteiger partial charge in [-0.15, -0.1) is 0 Å². The van der Waals surface area contributed by atoms with Gasteiger partial charge in [-0.05, 0) is 55.2 Å². The molecule has 1 saturated heterocycles. The van der Waals surface area contributed by atoms with E-state index < -0.39 is 0 Å². The van der Waals surface area contributed by atoms with Crippen LogP contribution in [0.1, 0.15) is 38.7 Å². The molecule has 0 aliphatic carbocycles. The van der Waals surface area contributed by atoms with Crippen LogP contribution in [0.4, 0.5) is 11.4 Å². The van der Waals surface area contributed by atoms with Crippen molar-refractivity contribution in [3.8, 4) is 5.75 Å². The Labute approximate surface area is 174 Å². The van der Waals surface area contributed by atoms with E-state index in [0.717, 1.165) is 44.0 Å². The number of ether oxygens (including phenoxy) is 1. The molecule has 0 radical (unpaired) electrons. The van der Waals surface area contributed by atoms with Gasteiger partial charge in [-0.2, -0.15) is 0 Å². The number of para-hydroxylation sites is 1. The van der Waals surface area contributed by atoms with Gasteiger partial charge in [0.15, 0.2) is 0 Å². The number of carbonyl (C=O) groups is 1. The van der Waals surface area contributed by atoms with E-state index in [0.29, 0.717) is 5.92 Å². The zero-order valence-electron chi connectivity index (χ0n) is 18.0. The second kappa shape index (κ2) is 9.79. The third-order valence-corrected chi connectivity index (χ3v) is 6.04. The number of hydrogen-bond acceptors (Lipinski definition) is 4. The lowest BCUT2D eigenvalue weighted by Gasteiger charge is -2.38. The van der Waals surface area contributed by atoms with Crippen LogP contribution in [-0.2, 0) is 4.79 Å². The van der Waals surface area contributed by atoms with Crippen LogP contribution in [0.2, 0.25) is 0 Å². The molecule has 0 saturated carbocycles. The molecule has 156 valence electrons. The standard InChI is InChI=1S/C24H33N3O2/c1-5-18(2)22-8-6-7-9-23(22)25-24(28)19(3)26-14-16-27(17-15-26)20-10-12-21(29-4)13-11-20/h6-13,18-19H,5,14-17H2,1-4H3,(H,25,28). The highest BCUT2D eigenvalue weighted by atomic mass is 16.5. The summed E-state index contributed by atoms with van der Waals surface area (Å²) in [5.74, 6) is 1.36. The van der Waals surface area contributed by atoms with E-state index in [1.54, 1.807) is 7.11 Å². The van der Waals surface area contributed by atoms with Crippen molar-refractivity contribution in [2.75, 3.05) is 43.5 Å². The average molecular weight is 396 g/mol. The van der Waals surface area contributed by atoms with Crippen LogP contribution >= 0.6 is 0 Å². The lowest BCUT2D eigenvalue weighted by Crippen LogP contribution is -2.52. The number of rotatable bonds is 7. The van der Waals surface area contributed by atoms with Gasteiger partial charge in [-0.25, -0.2) is 0 Å². The van der Waals surface area contributed by atoms with Crippen LogP contribution in [0.3, 0.4) is 0 Å². The first kappa shape index (κ1) is 21.2. The van der Waals surface area contributed by atoms with E-state index in [1.165, 1.54) is 11.3 Å². The minimum atomic E-state index is -0.155. The summed E-state index contributed by atoms with van der Waals surface area (Å²) < 4.78 is 5.24. The van der Waals surface area contributed by atoms with Gasteiger partial charge < -0.3 is 15.0 Å². The van der Waals surface area contributed by atoms with Gasteiger partial charge in [0.2, 0.25) is 5.91 Å². The topological polar surface area (TPSA) is 44.8 Å². The monoisotopic (exact) mass is 395 g/mol. The van der Waals surface area contributed by atoms with Gasteiger partial charge in [0.05, 0.1) is 13.2 Å². The highest BCUT2D eigenvalue weighted by Gasteiger charge is 2.26. The number of amides is 1. The summed E-state index contributed by atoms with van der Waals surface area (Å²) in [5, 5.41) is 3.17. The summed E-state index contributed by atoms with van der Waals surface area (Å²) in [6.07, 6.45) is 1.05. The van der Waals surface area contributed by atoms with Crippen LogP contribution in [-0.4, -0.2) is 50.1 Å². The summed E-state index contributed by atoms with van der Waals surface area (Å²) in [6.45, 7) is 9.94. The Morgan fingerprint density at radius 3 is 2.31 bits per heavy atom. The van der Waals surface area contributed by atoms with Crippen molar-refractivity contribution in [3.63, 3.8) is 0 Å². The van der Waals surface area contributed by atoms with Crippen molar-refractivity contribution in [3.05, 3.63) is 54.1 Å². The summed E-state index contributed by atoms with van der Waals surface area (Å²) in [4.78, 5) is 17.5. The Morgan fingerprint density at radius 1 is 1.03 bits per heavy atom. The normalized spacial score (nSPS) is 16.9. The third kappa shape index (κ3) is 5.10. The number of nitrogens with one attached hydrogen (secondary N) is 1. The van der Waals surface area contributed by atoms with E-state index in [9.17, 15) is 4.79 Å². The number of methoxy groups -OCH3 is 1. The zero-order chi connectivity index (χ0) is 20.8. The number of anilines is 2. The number of hydrogen-bond donors (Lipinski definition) is 1. The molecule has 1 heterocycles. The maximum absolute atomic E-state index is 12.9. The quantitative estimate of drug-likeness (QED) is 0.757. The minimum absolute atomic E-state index is 0.0682. The number of piperazine rings is 1. The molecule has 3 rings (SSSR count). The SMILES string of the molecule is CCC(C)c1ccccc1NC(=O)C(C)N1CCN(c2ccc(OC)cc2)CC1. The molecule has 2 aromatic carbocycles. The maximum Gasteiger partial charge on any atom is 0.241 e. The van der Waals surface area contributed by atoms with Crippen LogP contribution < -0.4 is 15.0 Å².